The fourth-order valence-electron chi connectivity index (χ4n) is 1.83. The van der Waals surface area contributed by atoms with Gasteiger partial charge in [-0.15, -0.1) is 0 Å². The lowest BCUT2D eigenvalue weighted by Gasteiger charge is -2.08. The molecule has 0 amide bonds. The van der Waals surface area contributed by atoms with Crippen LogP contribution in [-0.2, 0) is 0 Å². The van der Waals surface area contributed by atoms with Crippen molar-refractivity contribution >= 4 is 27.5 Å². The maximum absolute atomic E-state index is 5.93. The Morgan fingerprint density at radius 2 is 2.11 bits per heavy atom. The average Bonchev–Trinajstić information content (AvgIpc) is 2.78. The zero-order valence-corrected chi connectivity index (χ0v) is 12.7. The van der Waals surface area contributed by atoms with Crippen LogP contribution in [0.5, 0.6) is 0 Å². The van der Waals surface area contributed by atoms with Crippen LogP contribution in [0.15, 0.2) is 39.2 Å². The molecule has 1 N–H and O–H groups in total. The van der Waals surface area contributed by atoms with E-state index in [9.17, 15) is 0 Å². The van der Waals surface area contributed by atoms with Crippen molar-refractivity contribution in [2.24, 2.45) is 0 Å². The molecule has 0 aliphatic carbocycles. The molecule has 0 spiro atoms. The molecule has 0 bridgehead atoms. The van der Waals surface area contributed by atoms with E-state index in [0.29, 0.717) is 5.02 Å². The van der Waals surface area contributed by atoms with E-state index in [2.05, 4.69) is 35.1 Å². The number of hydrogen-bond acceptors (Lipinski definition) is 2. The molecule has 2 nitrogen and oxygen atoms in total. The minimum Gasteiger partial charge on any atom is -0.459 e. The standard InChI is InChI=1S/C14H15BrClNO/c1-3-17-9(2)13-6-7-14(18-13)11-5-4-10(16)8-12(11)15/h4-9,17H,3H2,1-2H3. The lowest BCUT2D eigenvalue weighted by Crippen LogP contribution is -2.16. The summed E-state index contributed by atoms with van der Waals surface area (Å²) < 4.78 is 6.81. The molecule has 0 saturated carbocycles. The van der Waals surface area contributed by atoms with Crippen LogP contribution in [0.1, 0.15) is 25.6 Å². The lowest BCUT2D eigenvalue weighted by molar-refractivity contribution is 0.445. The van der Waals surface area contributed by atoms with E-state index in [0.717, 1.165) is 28.1 Å². The molecule has 1 atom stereocenters. The zero-order chi connectivity index (χ0) is 13.1. The van der Waals surface area contributed by atoms with Crippen LogP contribution in [0.2, 0.25) is 5.02 Å². The summed E-state index contributed by atoms with van der Waals surface area (Å²) in [6.07, 6.45) is 0. The first-order valence-corrected chi connectivity index (χ1v) is 7.07. The highest BCUT2D eigenvalue weighted by Crippen LogP contribution is 2.32. The van der Waals surface area contributed by atoms with Gasteiger partial charge in [-0.3, -0.25) is 0 Å². The summed E-state index contributed by atoms with van der Waals surface area (Å²) >= 11 is 9.43. The smallest absolute Gasteiger partial charge is 0.135 e. The Morgan fingerprint density at radius 3 is 2.78 bits per heavy atom. The molecule has 1 unspecified atom stereocenters. The van der Waals surface area contributed by atoms with Crippen LogP contribution in [0.4, 0.5) is 0 Å². The second-order valence-corrected chi connectivity index (χ2v) is 5.40. The van der Waals surface area contributed by atoms with E-state index in [4.69, 9.17) is 16.0 Å². The van der Waals surface area contributed by atoms with Gasteiger partial charge in [-0.2, -0.15) is 0 Å². The van der Waals surface area contributed by atoms with E-state index in [-0.39, 0.29) is 6.04 Å². The van der Waals surface area contributed by atoms with Crippen molar-refractivity contribution in [2.75, 3.05) is 6.54 Å². The van der Waals surface area contributed by atoms with Crippen molar-refractivity contribution in [3.63, 3.8) is 0 Å². The Morgan fingerprint density at radius 1 is 1.33 bits per heavy atom. The minimum absolute atomic E-state index is 0.217. The lowest BCUT2D eigenvalue weighted by atomic mass is 10.2. The topological polar surface area (TPSA) is 25.2 Å². The second-order valence-electron chi connectivity index (χ2n) is 4.11. The number of nitrogens with one attached hydrogen (secondary N) is 1. The van der Waals surface area contributed by atoms with Gasteiger partial charge in [0, 0.05) is 15.1 Å². The van der Waals surface area contributed by atoms with Crippen LogP contribution in [0, 0.1) is 0 Å². The fourth-order valence-corrected chi connectivity index (χ4v) is 2.70. The van der Waals surface area contributed by atoms with Crippen molar-refractivity contribution in [1.82, 2.24) is 5.32 Å². The molecule has 1 aromatic heterocycles. The first kappa shape index (κ1) is 13.7. The zero-order valence-electron chi connectivity index (χ0n) is 10.3. The molecule has 1 heterocycles. The maximum atomic E-state index is 5.93. The summed E-state index contributed by atoms with van der Waals surface area (Å²) in [6.45, 7) is 5.08. The molecule has 0 fully saturated rings. The van der Waals surface area contributed by atoms with Gasteiger partial charge in [0.15, 0.2) is 0 Å². The van der Waals surface area contributed by atoms with E-state index < -0.39 is 0 Å². The van der Waals surface area contributed by atoms with Gasteiger partial charge in [0.05, 0.1) is 6.04 Å². The van der Waals surface area contributed by atoms with Gasteiger partial charge in [0.2, 0.25) is 0 Å². The summed E-state index contributed by atoms with van der Waals surface area (Å²) in [5, 5.41) is 4.03. The van der Waals surface area contributed by atoms with Gasteiger partial charge in [0.25, 0.3) is 0 Å². The Balaban J connectivity index is 2.29. The molecule has 1 aromatic carbocycles. The molecular formula is C14H15BrClNO. The van der Waals surface area contributed by atoms with Gasteiger partial charge in [-0.1, -0.05) is 18.5 Å². The highest BCUT2D eigenvalue weighted by molar-refractivity contribution is 9.10. The SMILES string of the molecule is CCNC(C)c1ccc(-c2ccc(Cl)cc2Br)o1. The minimum atomic E-state index is 0.217. The van der Waals surface area contributed by atoms with Gasteiger partial charge < -0.3 is 9.73 Å². The molecule has 0 aliphatic rings. The highest BCUT2D eigenvalue weighted by atomic mass is 79.9. The van der Waals surface area contributed by atoms with Crippen molar-refractivity contribution in [2.45, 2.75) is 19.9 Å². The van der Waals surface area contributed by atoms with Crippen LogP contribution in [0.3, 0.4) is 0 Å². The van der Waals surface area contributed by atoms with Crippen molar-refractivity contribution in [3.05, 3.63) is 45.6 Å². The van der Waals surface area contributed by atoms with Crippen LogP contribution in [-0.4, -0.2) is 6.54 Å². The molecule has 0 aliphatic heterocycles. The largest absolute Gasteiger partial charge is 0.459 e. The third-order valence-corrected chi connectivity index (χ3v) is 3.65. The van der Waals surface area contributed by atoms with Gasteiger partial charge in [0.1, 0.15) is 11.5 Å². The quantitative estimate of drug-likeness (QED) is 0.851. The monoisotopic (exact) mass is 327 g/mol. The Hall–Kier alpha value is -0.770. The summed E-state index contributed by atoms with van der Waals surface area (Å²) in [5.74, 6) is 1.78. The van der Waals surface area contributed by atoms with E-state index in [1.807, 2.05) is 30.3 Å². The second kappa shape index (κ2) is 5.91. The van der Waals surface area contributed by atoms with Gasteiger partial charge in [-0.25, -0.2) is 0 Å². The number of rotatable bonds is 4. The molecule has 0 radical (unpaired) electrons. The first-order chi connectivity index (χ1) is 8.61. The predicted octanol–water partition coefficient (Wildman–Crippen LogP) is 5.03. The summed E-state index contributed by atoms with van der Waals surface area (Å²) in [6, 6.07) is 9.88. The molecule has 0 saturated heterocycles. The van der Waals surface area contributed by atoms with Crippen molar-refractivity contribution in [3.8, 4) is 11.3 Å². The maximum Gasteiger partial charge on any atom is 0.135 e. The molecule has 2 rings (SSSR count). The molecule has 2 aromatic rings. The van der Waals surface area contributed by atoms with Crippen molar-refractivity contribution in [1.29, 1.82) is 0 Å². The Bertz CT molecular complexity index is 538. The average molecular weight is 329 g/mol. The Labute approximate surface area is 120 Å². The fraction of sp³-hybridized carbons (Fsp3) is 0.286. The predicted molar refractivity (Wildman–Crippen MR) is 78.9 cm³/mol. The summed E-state index contributed by atoms with van der Waals surface area (Å²) in [5.41, 5.74) is 1.01. The number of halogens is 2. The van der Waals surface area contributed by atoms with Gasteiger partial charge in [-0.05, 0) is 59.7 Å². The molecule has 96 valence electrons. The van der Waals surface area contributed by atoms with Crippen molar-refractivity contribution < 1.29 is 4.42 Å². The van der Waals surface area contributed by atoms with E-state index in [1.54, 1.807) is 0 Å². The first-order valence-electron chi connectivity index (χ1n) is 5.90. The number of benzene rings is 1. The van der Waals surface area contributed by atoms with Crippen LogP contribution >= 0.6 is 27.5 Å². The third-order valence-electron chi connectivity index (χ3n) is 2.76. The molecule has 18 heavy (non-hydrogen) atoms. The van der Waals surface area contributed by atoms with E-state index >= 15 is 0 Å². The normalized spacial score (nSPS) is 12.7. The molecule has 4 heteroatoms. The number of furan rings is 1. The highest BCUT2D eigenvalue weighted by Gasteiger charge is 2.12. The van der Waals surface area contributed by atoms with Crippen LogP contribution < -0.4 is 5.32 Å². The number of hydrogen-bond donors (Lipinski definition) is 1. The Kier molecular flexibility index (Phi) is 4.49. The van der Waals surface area contributed by atoms with Gasteiger partial charge >= 0.3 is 0 Å². The third kappa shape index (κ3) is 2.97. The summed E-state index contributed by atoms with van der Waals surface area (Å²) in [4.78, 5) is 0. The van der Waals surface area contributed by atoms with Crippen LogP contribution in [0.25, 0.3) is 11.3 Å². The summed E-state index contributed by atoms with van der Waals surface area (Å²) in [7, 11) is 0. The van der Waals surface area contributed by atoms with E-state index in [1.165, 1.54) is 0 Å². The molecular weight excluding hydrogens is 314 g/mol.